The Hall–Kier alpha value is -3.21. The minimum absolute atomic E-state index is 0.0277. The maximum atomic E-state index is 14.8. The minimum Gasteiger partial charge on any atom is -0.356 e. The van der Waals surface area contributed by atoms with Crippen molar-refractivity contribution in [2.75, 3.05) is 12.4 Å². The monoisotopic (exact) mass is 501 g/mol. The zero-order valence-corrected chi connectivity index (χ0v) is 18.5. The lowest BCUT2D eigenvalue weighted by atomic mass is 10.0. The van der Waals surface area contributed by atoms with Crippen molar-refractivity contribution in [2.45, 2.75) is 31.0 Å². The molecule has 1 aliphatic carbocycles. The molecule has 8 nitrogen and oxygen atoms in total. The molecule has 1 fully saturated rings. The van der Waals surface area contributed by atoms with Crippen molar-refractivity contribution in [3.63, 3.8) is 0 Å². The van der Waals surface area contributed by atoms with Gasteiger partial charge in [-0.1, -0.05) is 6.07 Å². The Bertz CT molecular complexity index is 1360. The largest absolute Gasteiger partial charge is 0.356 e. The van der Waals surface area contributed by atoms with E-state index in [1.54, 1.807) is 24.4 Å². The number of hydrogen-bond donors (Lipinski definition) is 2. The van der Waals surface area contributed by atoms with Gasteiger partial charge in [-0.3, -0.25) is 9.78 Å². The Labute approximate surface area is 189 Å². The second kappa shape index (κ2) is 7.73. The van der Waals surface area contributed by atoms with Crippen LogP contribution in [-0.2, 0) is 4.79 Å². The molecule has 32 heavy (non-hydrogen) atoms. The lowest BCUT2D eigenvalue weighted by molar-refractivity contribution is -0.132. The van der Waals surface area contributed by atoms with Gasteiger partial charge in [-0.05, 0) is 40.9 Å². The van der Waals surface area contributed by atoms with E-state index in [-0.39, 0.29) is 30.3 Å². The fourth-order valence-corrected chi connectivity index (χ4v) is 4.55. The van der Waals surface area contributed by atoms with Gasteiger partial charge in [0.25, 0.3) is 5.91 Å². The van der Waals surface area contributed by atoms with Crippen LogP contribution in [0.4, 0.5) is 14.7 Å². The third-order valence-corrected chi connectivity index (χ3v) is 6.28. The summed E-state index contributed by atoms with van der Waals surface area (Å²) in [6.45, 7) is 0. The van der Waals surface area contributed by atoms with E-state index in [1.807, 2.05) is 0 Å². The number of amides is 1. The lowest BCUT2D eigenvalue weighted by Gasteiger charge is -2.18. The molecule has 1 amide bonds. The summed E-state index contributed by atoms with van der Waals surface area (Å²) in [5.74, 6) is -0.807. The highest BCUT2D eigenvalue weighted by atomic mass is 79.9. The van der Waals surface area contributed by atoms with E-state index in [0.717, 1.165) is 0 Å². The summed E-state index contributed by atoms with van der Waals surface area (Å²) in [4.78, 5) is 24.8. The maximum absolute atomic E-state index is 14.8. The van der Waals surface area contributed by atoms with E-state index in [1.165, 1.54) is 24.0 Å². The average Bonchev–Trinajstić information content (AvgIpc) is 3.33. The van der Waals surface area contributed by atoms with Gasteiger partial charge in [-0.15, -0.1) is 0 Å². The third-order valence-electron chi connectivity index (χ3n) is 5.69. The highest BCUT2D eigenvalue weighted by Gasteiger charge is 2.45. The molecule has 0 bridgehead atoms. The molecule has 0 aliphatic heterocycles. The topological polar surface area (TPSA) is 97.6 Å². The van der Waals surface area contributed by atoms with Gasteiger partial charge in [0, 0.05) is 43.4 Å². The number of carbonyl (C=O) groups excluding carboxylic acids is 1. The van der Waals surface area contributed by atoms with E-state index in [0.29, 0.717) is 33.1 Å². The molecule has 164 valence electrons. The SMILES string of the molecule is CNC(=O)[C@]1(F)CC[C@@H](Nc2ncc3c(Br)nn(-c4cc(F)c5ncccc5c4)c3n2)C1. The molecule has 3 heterocycles. The fourth-order valence-electron chi connectivity index (χ4n) is 4.11. The molecule has 4 aromatic rings. The summed E-state index contributed by atoms with van der Waals surface area (Å²) in [6.07, 6.45) is 3.75. The zero-order chi connectivity index (χ0) is 22.5. The summed E-state index contributed by atoms with van der Waals surface area (Å²) in [6, 6.07) is 6.34. The number of nitrogens with one attached hydrogen (secondary N) is 2. The Morgan fingerprint density at radius 3 is 3.00 bits per heavy atom. The van der Waals surface area contributed by atoms with Gasteiger partial charge >= 0.3 is 0 Å². The van der Waals surface area contributed by atoms with Crippen LogP contribution in [0.5, 0.6) is 0 Å². The van der Waals surface area contributed by atoms with Gasteiger partial charge in [-0.25, -0.2) is 18.4 Å². The quantitative estimate of drug-likeness (QED) is 0.442. The Morgan fingerprint density at radius 2 is 2.19 bits per heavy atom. The van der Waals surface area contributed by atoms with E-state index in [9.17, 15) is 13.6 Å². The number of pyridine rings is 1. The second-order valence-electron chi connectivity index (χ2n) is 7.76. The molecule has 1 saturated carbocycles. The minimum atomic E-state index is -1.90. The van der Waals surface area contributed by atoms with Gasteiger partial charge in [0.1, 0.15) is 10.1 Å². The van der Waals surface area contributed by atoms with Gasteiger partial charge in [0.15, 0.2) is 17.1 Å². The first-order chi connectivity index (χ1) is 15.4. The molecule has 11 heteroatoms. The molecular weight excluding hydrogens is 484 g/mol. The standard InChI is InChI=1S/C21H18BrF2N7O/c1-25-19(32)21(24)5-4-12(9-21)28-20-27-10-14-17(22)30-31(18(14)29-20)13-7-11-3-2-6-26-16(11)15(23)8-13/h2-3,6-8,10,12H,4-5,9H2,1H3,(H,25,32)(H,27,28,29)/t12-,21+/m1/s1. The van der Waals surface area contributed by atoms with Crippen LogP contribution in [0.3, 0.4) is 0 Å². The highest BCUT2D eigenvalue weighted by Crippen LogP contribution is 2.35. The van der Waals surface area contributed by atoms with Gasteiger partial charge in [0.2, 0.25) is 5.95 Å². The first-order valence-corrected chi connectivity index (χ1v) is 10.8. The molecule has 5 rings (SSSR count). The Kier molecular flexibility index (Phi) is 5.00. The normalized spacial score (nSPS) is 20.7. The van der Waals surface area contributed by atoms with Crippen LogP contribution in [0.2, 0.25) is 0 Å². The van der Waals surface area contributed by atoms with Crippen LogP contribution >= 0.6 is 15.9 Å². The lowest BCUT2D eigenvalue weighted by Crippen LogP contribution is -2.40. The number of rotatable bonds is 4. The Balaban J connectivity index is 1.50. The highest BCUT2D eigenvalue weighted by molar-refractivity contribution is 9.10. The van der Waals surface area contributed by atoms with E-state index in [4.69, 9.17) is 0 Å². The van der Waals surface area contributed by atoms with Crippen molar-refractivity contribution in [1.29, 1.82) is 0 Å². The van der Waals surface area contributed by atoms with Crippen LogP contribution in [-0.4, -0.2) is 49.4 Å². The van der Waals surface area contributed by atoms with Crippen LogP contribution in [0.15, 0.2) is 41.3 Å². The number of fused-ring (bicyclic) bond motifs is 2. The smallest absolute Gasteiger partial charge is 0.257 e. The molecule has 0 spiro atoms. The van der Waals surface area contributed by atoms with Crippen molar-refractivity contribution in [1.82, 2.24) is 30.0 Å². The number of alkyl halides is 1. The number of benzene rings is 1. The number of anilines is 1. The van der Waals surface area contributed by atoms with Gasteiger partial charge < -0.3 is 10.6 Å². The van der Waals surface area contributed by atoms with Crippen molar-refractivity contribution in [3.8, 4) is 5.69 Å². The summed E-state index contributed by atoms with van der Waals surface area (Å²) in [5.41, 5.74) is -0.701. The number of hydrogen-bond acceptors (Lipinski definition) is 6. The molecule has 1 aliphatic rings. The number of aromatic nitrogens is 5. The summed E-state index contributed by atoms with van der Waals surface area (Å²) in [7, 11) is 1.42. The van der Waals surface area contributed by atoms with Gasteiger partial charge in [0.05, 0.1) is 11.1 Å². The average molecular weight is 502 g/mol. The second-order valence-corrected chi connectivity index (χ2v) is 8.52. The van der Waals surface area contributed by atoms with E-state index < -0.39 is 17.4 Å². The van der Waals surface area contributed by atoms with Crippen LogP contribution in [0, 0.1) is 5.82 Å². The predicted molar refractivity (Wildman–Crippen MR) is 119 cm³/mol. The van der Waals surface area contributed by atoms with E-state index in [2.05, 4.69) is 46.6 Å². The number of carbonyl (C=O) groups is 1. The Morgan fingerprint density at radius 1 is 1.34 bits per heavy atom. The molecule has 2 N–H and O–H groups in total. The van der Waals surface area contributed by atoms with Crippen molar-refractivity contribution in [3.05, 3.63) is 47.1 Å². The van der Waals surface area contributed by atoms with Gasteiger partial charge in [-0.2, -0.15) is 10.1 Å². The van der Waals surface area contributed by atoms with E-state index >= 15 is 0 Å². The van der Waals surface area contributed by atoms with Crippen LogP contribution < -0.4 is 10.6 Å². The zero-order valence-electron chi connectivity index (χ0n) is 16.9. The van der Waals surface area contributed by atoms with Crippen molar-refractivity contribution >= 4 is 49.7 Å². The molecular formula is C21H18BrF2N7O. The summed E-state index contributed by atoms with van der Waals surface area (Å²) >= 11 is 3.40. The first-order valence-electron chi connectivity index (χ1n) is 10.0. The van der Waals surface area contributed by atoms with Crippen LogP contribution in [0.1, 0.15) is 19.3 Å². The molecule has 0 radical (unpaired) electrons. The number of halogens is 3. The number of nitrogens with zero attached hydrogens (tertiary/aromatic N) is 5. The summed E-state index contributed by atoms with van der Waals surface area (Å²) in [5, 5.41) is 11.2. The first kappa shape index (κ1) is 20.7. The van der Waals surface area contributed by atoms with Crippen molar-refractivity contribution < 1.29 is 13.6 Å². The molecule has 2 atom stereocenters. The molecule has 0 saturated heterocycles. The maximum Gasteiger partial charge on any atom is 0.257 e. The molecule has 0 unspecified atom stereocenters. The fraction of sp³-hybridized carbons (Fsp3) is 0.286. The third kappa shape index (κ3) is 3.46. The van der Waals surface area contributed by atoms with Crippen LogP contribution in [0.25, 0.3) is 27.6 Å². The molecule has 1 aromatic carbocycles. The van der Waals surface area contributed by atoms with Crippen molar-refractivity contribution in [2.24, 2.45) is 0 Å². The summed E-state index contributed by atoms with van der Waals surface area (Å²) < 4.78 is 31.5. The predicted octanol–water partition coefficient (Wildman–Crippen LogP) is 3.68. The molecule has 3 aromatic heterocycles.